The molecule has 18 heavy (non-hydrogen) atoms. The van der Waals surface area contributed by atoms with Crippen molar-refractivity contribution in [2.75, 3.05) is 20.1 Å². The molecule has 1 aromatic rings. The zero-order valence-corrected chi connectivity index (χ0v) is 12.0. The molecule has 1 aromatic carbocycles. The summed E-state index contributed by atoms with van der Waals surface area (Å²) in [6, 6.07) is 7.04. The third-order valence-corrected chi connectivity index (χ3v) is 3.80. The van der Waals surface area contributed by atoms with Crippen molar-refractivity contribution in [1.29, 1.82) is 0 Å². The minimum atomic E-state index is 0.172. The van der Waals surface area contributed by atoms with E-state index in [2.05, 4.69) is 42.7 Å². The van der Waals surface area contributed by atoms with Crippen molar-refractivity contribution in [3.05, 3.63) is 34.9 Å². The Kier molecular flexibility index (Phi) is 4.41. The normalized spacial score (nSPS) is 14.8. The van der Waals surface area contributed by atoms with Gasteiger partial charge in [0.15, 0.2) is 0 Å². The SMILES string of the molecule is CNCC(C)(C)NCCc1ccc2c(c1)CCC2. The van der Waals surface area contributed by atoms with E-state index < -0.39 is 0 Å². The molecule has 0 aliphatic heterocycles. The third kappa shape index (κ3) is 3.56. The van der Waals surface area contributed by atoms with Crippen LogP contribution < -0.4 is 10.6 Å². The van der Waals surface area contributed by atoms with E-state index in [4.69, 9.17) is 0 Å². The second-order valence-corrected chi connectivity index (χ2v) is 6.05. The van der Waals surface area contributed by atoms with Crippen LogP contribution in [0.4, 0.5) is 0 Å². The first kappa shape index (κ1) is 13.6. The molecule has 0 spiro atoms. The zero-order chi connectivity index (χ0) is 13.0. The molecule has 0 amide bonds. The van der Waals surface area contributed by atoms with Crippen LogP contribution in [0.5, 0.6) is 0 Å². The van der Waals surface area contributed by atoms with Gasteiger partial charge in [0.25, 0.3) is 0 Å². The Morgan fingerprint density at radius 3 is 2.72 bits per heavy atom. The van der Waals surface area contributed by atoms with Crippen molar-refractivity contribution >= 4 is 0 Å². The highest BCUT2D eigenvalue weighted by Crippen LogP contribution is 2.22. The van der Waals surface area contributed by atoms with Gasteiger partial charge in [-0.25, -0.2) is 0 Å². The van der Waals surface area contributed by atoms with Gasteiger partial charge in [-0.05, 0) is 69.8 Å². The van der Waals surface area contributed by atoms with Gasteiger partial charge in [0.2, 0.25) is 0 Å². The van der Waals surface area contributed by atoms with Crippen molar-refractivity contribution in [1.82, 2.24) is 10.6 Å². The van der Waals surface area contributed by atoms with Crippen LogP contribution in [-0.4, -0.2) is 25.7 Å². The third-order valence-electron chi connectivity index (χ3n) is 3.80. The minimum Gasteiger partial charge on any atom is -0.318 e. The molecule has 0 heterocycles. The Hall–Kier alpha value is -0.860. The quantitative estimate of drug-likeness (QED) is 0.805. The number of benzene rings is 1. The lowest BCUT2D eigenvalue weighted by Gasteiger charge is -2.26. The number of nitrogens with one attached hydrogen (secondary N) is 2. The Bertz CT molecular complexity index is 396. The molecule has 0 atom stereocenters. The Morgan fingerprint density at radius 2 is 1.94 bits per heavy atom. The van der Waals surface area contributed by atoms with E-state index in [1.54, 1.807) is 11.1 Å². The lowest BCUT2D eigenvalue weighted by Crippen LogP contribution is -2.47. The van der Waals surface area contributed by atoms with Gasteiger partial charge in [-0.2, -0.15) is 0 Å². The molecule has 0 unspecified atom stereocenters. The number of rotatable bonds is 6. The fraction of sp³-hybridized carbons (Fsp3) is 0.625. The van der Waals surface area contributed by atoms with E-state index in [1.165, 1.54) is 24.8 Å². The van der Waals surface area contributed by atoms with E-state index in [9.17, 15) is 0 Å². The average Bonchev–Trinajstić information content (AvgIpc) is 2.75. The van der Waals surface area contributed by atoms with Crippen LogP contribution in [-0.2, 0) is 19.3 Å². The van der Waals surface area contributed by atoms with Crippen LogP contribution in [0.1, 0.15) is 37.0 Å². The van der Waals surface area contributed by atoms with Gasteiger partial charge in [0, 0.05) is 12.1 Å². The summed E-state index contributed by atoms with van der Waals surface area (Å²) in [5.41, 5.74) is 4.80. The van der Waals surface area contributed by atoms with E-state index in [-0.39, 0.29) is 5.54 Å². The van der Waals surface area contributed by atoms with E-state index in [1.807, 2.05) is 7.05 Å². The number of hydrogen-bond donors (Lipinski definition) is 2. The summed E-state index contributed by atoms with van der Waals surface area (Å²) >= 11 is 0. The fourth-order valence-electron chi connectivity index (χ4n) is 2.83. The summed E-state index contributed by atoms with van der Waals surface area (Å²) in [4.78, 5) is 0. The monoisotopic (exact) mass is 246 g/mol. The standard InChI is InChI=1S/C16H26N2/c1-16(2,12-17-3)18-10-9-13-7-8-14-5-4-6-15(14)11-13/h7-8,11,17-18H,4-6,9-10,12H2,1-3H3. The van der Waals surface area contributed by atoms with Crippen LogP contribution in [0.15, 0.2) is 18.2 Å². The Labute approximate surface area is 111 Å². The second kappa shape index (κ2) is 5.85. The van der Waals surface area contributed by atoms with Gasteiger partial charge in [0.1, 0.15) is 0 Å². The lowest BCUT2D eigenvalue weighted by molar-refractivity contribution is 0.379. The predicted octanol–water partition coefficient (Wildman–Crippen LogP) is 2.31. The van der Waals surface area contributed by atoms with Crippen LogP contribution in [0.25, 0.3) is 0 Å². The van der Waals surface area contributed by atoms with Crippen molar-refractivity contribution in [2.45, 2.75) is 45.1 Å². The highest BCUT2D eigenvalue weighted by Gasteiger charge is 2.15. The van der Waals surface area contributed by atoms with Gasteiger partial charge >= 0.3 is 0 Å². The van der Waals surface area contributed by atoms with Crippen molar-refractivity contribution < 1.29 is 0 Å². The summed E-state index contributed by atoms with van der Waals surface area (Å²) in [6.07, 6.45) is 5.03. The summed E-state index contributed by atoms with van der Waals surface area (Å²) in [6.45, 7) is 6.53. The summed E-state index contributed by atoms with van der Waals surface area (Å²) in [7, 11) is 2.00. The number of aryl methyl sites for hydroxylation is 2. The molecule has 0 bridgehead atoms. The first-order valence-corrected chi connectivity index (χ1v) is 7.11. The number of likely N-dealkylation sites (N-methyl/N-ethyl adjacent to an activating group) is 1. The van der Waals surface area contributed by atoms with Crippen LogP contribution >= 0.6 is 0 Å². The molecule has 0 saturated carbocycles. The summed E-state index contributed by atoms with van der Waals surface area (Å²) in [5, 5.41) is 6.84. The molecule has 2 N–H and O–H groups in total. The molecule has 0 fully saturated rings. The smallest absolute Gasteiger partial charge is 0.0249 e. The highest BCUT2D eigenvalue weighted by molar-refractivity contribution is 5.35. The zero-order valence-electron chi connectivity index (χ0n) is 12.0. The molecule has 0 saturated heterocycles. The maximum atomic E-state index is 3.61. The fourth-order valence-corrected chi connectivity index (χ4v) is 2.83. The largest absolute Gasteiger partial charge is 0.318 e. The molecule has 2 nitrogen and oxygen atoms in total. The predicted molar refractivity (Wildman–Crippen MR) is 78.2 cm³/mol. The van der Waals surface area contributed by atoms with Crippen molar-refractivity contribution in [2.24, 2.45) is 0 Å². The van der Waals surface area contributed by atoms with Crippen molar-refractivity contribution in [3.8, 4) is 0 Å². The van der Waals surface area contributed by atoms with Gasteiger partial charge in [-0.1, -0.05) is 18.2 Å². The van der Waals surface area contributed by atoms with Crippen LogP contribution in [0, 0.1) is 0 Å². The maximum Gasteiger partial charge on any atom is 0.0249 e. The molecule has 2 rings (SSSR count). The molecule has 0 radical (unpaired) electrons. The van der Waals surface area contributed by atoms with Gasteiger partial charge in [-0.3, -0.25) is 0 Å². The molecular weight excluding hydrogens is 220 g/mol. The average molecular weight is 246 g/mol. The van der Waals surface area contributed by atoms with E-state index >= 15 is 0 Å². The van der Waals surface area contributed by atoms with Crippen LogP contribution in [0.3, 0.4) is 0 Å². The highest BCUT2D eigenvalue weighted by atomic mass is 15.0. The summed E-state index contributed by atoms with van der Waals surface area (Å²) < 4.78 is 0. The number of fused-ring (bicyclic) bond motifs is 1. The number of hydrogen-bond acceptors (Lipinski definition) is 2. The van der Waals surface area contributed by atoms with E-state index in [0.29, 0.717) is 0 Å². The van der Waals surface area contributed by atoms with Gasteiger partial charge < -0.3 is 10.6 Å². The molecule has 100 valence electrons. The minimum absolute atomic E-state index is 0.172. The first-order valence-electron chi connectivity index (χ1n) is 7.11. The topological polar surface area (TPSA) is 24.1 Å². The first-order chi connectivity index (χ1) is 8.61. The van der Waals surface area contributed by atoms with Crippen molar-refractivity contribution in [3.63, 3.8) is 0 Å². The van der Waals surface area contributed by atoms with Gasteiger partial charge in [0.05, 0.1) is 0 Å². The maximum absolute atomic E-state index is 3.61. The Morgan fingerprint density at radius 1 is 1.17 bits per heavy atom. The molecule has 0 aromatic heterocycles. The van der Waals surface area contributed by atoms with Gasteiger partial charge in [-0.15, -0.1) is 0 Å². The second-order valence-electron chi connectivity index (χ2n) is 6.05. The van der Waals surface area contributed by atoms with E-state index in [0.717, 1.165) is 19.5 Å². The summed E-state index contributed by atoms with van der Waals surface area (Å²) in [5.74, 6) is 0. The van der Waals surface area contributed by atoms with Crippen LogP contribution in [0.2, 0.25) is 0 Å². The lowest BCUT2D eigenvalue weighted by atomic mass is 10.0. The molecule has 1 aliphatic rings. The molecular formula is C16H26N2. The Balaban J connectivity index is 1.84. The molecule has 2 heteroatoms. The molecule has 1 aliphatic carbocycles.